The molecule has 1 saturated heterocycles. The van der Waals surface area contributed by atoms with Gasteiger partial charge >= 0.3 is 6.18 Å². The molecule has 0 N–H and O–H groups in total. The van der Waals surface area contributed by atoms with Crippen LogP contribution in [0.5, 0.6) is 0 Å². The van der Waals surface area contributed by atoms with Crippen molar-refractivity contribution in [3.8, 4) is 0 Å². The van der Waals surface area contributed by atoms with Crippen LogP contribution in [-0.2, 0) is 22.7 Å². The van der Waals surface area contributed by atoms with Gasteiger partial charge in [0, 0.05) is 32.0 Å². The molecule has 0 spiro atoms. The molecule has 2 heterocycles. The van der Waals surface area contributed by atoms with Crippen molar-refractivity contribution in [2.24, 2.45) is 5.92 Å². The summed E-state index contributed by atoms with van der Waals surface area (Å²) >= 11 is 0. The summed E-state index contributed by atoms with van der Waals surface area (Å²) in [5.74, 6) is 0.332. The van der Waals surface area contributed by atoms with Crippen molar-refractivity contribution >= 4 is 10.0 Å². The van der Waals surface area contributed by atoms with E-state index in [1.165, 1.54) is 4.31 Å². The standard InChI is InChI=1S/C16H18F3N3O2S/c17-16(18,19)14-2-4-15(5-3-14)25(23,24)22-10-6-13(7-11-22)12-21-9-1-8-20-21/h1-5,8-9,13H,6-7,10-12H2. The van der Waals surface area contributed by atoms with Crippen molar-refractivity contribution in [3.63, 3.8) is 0 Å². The van der Waals surface area contributed by atoms with Crippen LogP contribution in [0.25, 0.3) is 0 Å². The van der Waals surface area contributed by atoms with E-state index in [4.69, 9.17) is 0 Å². The van der Waals surface area contributed by atoms with Crippen molar-refractivity contribution < 1.29 is 21.6 Å². The normalized spacial score (nSPS) is 17.7. The Bertz CT molecular complexity index is 794. The second-order valence-electron chi connectivity index (χ2n) is 6.10. The van der Waals surface area contributed by atoms with Crippen molar-refractivity contribution in [1.29, 1.82) is 0 Å². The number of alkyl halides is 3. The van der Waals surface area contributed by atoms with Gasteiger partial charge in [-0.1, -0.05) is 0 Å². The maximum absolute atomic E-state index is 12.6. The Labute approximate surface area is 144 Å². The molecule has 0 unspecified atom stereocenters. The molecule has 0 saturated carbocycles. The smallest absolute Gasteiger partial charge is 0.272 e. The predicted molar refractivity (Wildman–Crippen MR) is 85.2 cm³/mol. The fourth-order valence-electron chi connectivity index (χ4n) is 2.97. The summed E-state index contributed by atoms with van der Waals surface area (Å²) in [6, 6.07) is 5.49. The van der Waals surface area contributed by atoms with Gasteiger partial charge in [-0.15, -0.1) is 0 Å². The van der Waals surface area contributed by atoms with E-state index in [2.05, 4.69) is 5.10 Å². The first-order valence-corrected chi connectivity index (χ1v) is 9.35. The summed E-state index contributed by atoms with van der Waals surface area (Å²) in [5, 5.41) is 4.15. The highest BCUT2D eigenvalue weighted by Gasteiger charge is 2.32. The van der Waals surface area contributed by atoms with E-state index in [0.717, 1.165) is 30.8 Å². The quantitative estimate of drug-likeness (QED) is 0.828. The highest BCUT2D eigenvalue weighted by molar-refractivity contribution is 7.89. The van der Waals surface area contributed by atoms with Gasteiger partial charge in [-0.3, -0.25) is 4.68 Å². The highest BCUT2D eigenvalue weighted by Crippen LogP contribution is 2.31. The summed E-state index contributed by atoms with van der Waals surface area (Å²) in [7, 11) is -3.77. The first kappa shape index (κ1) is 17.9. The van der Waals surface area contributed by atoms with Crippen LogP contribution in [0, 0.1) is 5.92 Å². The minimum Gasteiger partial charge on any atom is -0.272 e. The Morgan fingerprint density at radius 2 is 1.76 bits per heavy atom. The zero-order valence-corrected chi connectivity index (χ0v) is 14.2. The predicted octanol–water partition coefficient (Wildman–Crippen LogP) is 3.00. The van der Waals surface area contributed by atoms with E-state index < -0.39 is 21.8 Å². The molecule has 25 heavy (non-hydrogen) atoms. The Morgan fingerprint density at radius 1 is 1.12 bits per heavy atom. The number of rotatable bonds is 4. The maximum atomic E-state index is 12.6. The zero-order chi connectivity index (χ0) is 18.1. The molecule has 0 atom stereocenters. The Balaban J connectivity index is 1.65. The van der Waals surface area contributed by atoms with E-state index in [1.807, 2.05) is 16.9 Å². The van der Waals surface area contributed by atoms with Crippen LogP contribution < -0.4 is 0 Å². The summed E-state index contributed by atoms with van der Waals surface area (Å²) in [5.41, 5.74) is -0.857. The number of aromatic nitrogens is 2. The van der Waals surface area contributed by atoms with E-state index in [1.54, 1.807) is 6.20 Å². The Hall–Kier alpha value is -1.87. The molecule has 5 nitrogen and oxygen atoms in total. The molecular weight excluding hydrogens is 355 g/mol. The average molecular weight is 373 g/mol. The number of sulfonamides is 1. The van der Waals surface area contributed by atoms with E-state index in [0.29, 0.717) is 31.8 Å². The van der Waals surface area contributed by atoms with Gasteiger partial charge < -0.3 is 0 Å². The summed E-state index contributed by atoms with van der Waals surface area (Å²) in [4.78, 5) is -0.106. The van der Waals surface area contributed by atoms with Gasteiger partial charge in [0.1, 0.15) is 0 Å². The number of halogens is 3. The van der Waals surface area contributed by atoms with Gasteiger partial charge in [-0.05, 0) is 49.1 Å². The Kier molecular flexibility index (Phi) is 4.88. The largest absolute Gasteiger partial charge is 0.416 e. The number of hydrogen-bond acceptors (Lipinski definition) is 3. The molecule has 1 aromatic carbocycles. The van der Waals surface area contributed by atoms with Gasteiger partial charge in [-0.2, -0.15) is 22.6 Å². The van der Waals surface area contributed by atoms with Gasteiger partial charge in [0.15, 0.2) is 0 Å². The third-order valence-corrected chi connectivity index (χ3v) is 6.31. The molecule has 1 aliphatic heterocycles. The molecule has 9 heteroatoms. The molecule has 0 bridgehead atoms. The fraction of sp³-hybridized carbons (Fsp3) is 0.438. The van der Waals surface area contributed by atoms with Crippen molar-refractivity contribution in [2.45, 2.75) is 30.5 Å². The lowest BCUT2D eigenvalue weighted by Gasteiger charge is -2.31. The second-order valence-corrected chi connectivity index (χ2v) is 8.04. The molecule has 1 fully saturated rings. The first-order valence-electron chi connectivity index (χ1n) is 7.91. The van der Waals surface area contributed by atoms with Crippen LogP contribution in [0.15, 0.2) is 47.6 Å². The van der Waals surface area contributed by atoms with Crippen LogP contribution in [0.2, 0.25) is 0 Å². The molecule has 1 aliphatic rings. The van der Waals surface area contributed by atoms with Crippen LogP contribution in [0.3, 0.4) is 0 Å². The number of piperidine rings is 1. The lowest BCUT2D eigenvalue weighted by atomic mass is 9.98. The highest BCUT2D eigenvalue weighted by atomic mass is 32.2. The molecule has 0 aliphatic carbocycles. The van der Waals surface area contributed by atoms with Gasteiger partial charge in [0.25, 0.3) is 0 Å². The molecule has 1 aromatic heterocycles. The third-order valence-electron chi connectivity index (χ3n) is 4.40. The summed E-state index contributed by atoms with van der Waals surface area (Å²) < 4.78 is 66.2. The molecular formula is C16H18F3N3O2S. The van der Waals surface area contributed by atoms with Crippen LogP contribution >= 0.6 is 0 Å². The fourth-order valence-corrected chi connectivity index (χ4v) is 4.44. The molecule has 2 aromatic rings. The maximum Gasteiger partial charge on any atom is 0.416 e. The van der Waals surface area contributed by atoms with Crippen molar-refractivity contribution in [3.05, 3.63) is 48.3 Å². The Morgan fingerprint density at radius 3 is 2.28 bits per heavy atom. The van der Waals surface area contributed by atoms with Gasteiger partial charge in [-0.25, -0.2) is 8.42 Å². The minimum atomic E-state index is -4.48. The van der Waals surface area contributed by atoms with E-state index >= 15 is 0 Å². The minimum absolute atomic E-state index is 0.106. The van der Waals surface area contributed by atoms with Crippen molar-refractivity contribution in [2.75, 3.05) is 13.1 Å². The van der Waals surface area contributed by atoms with Gasteiger partial charge in [0.2, 0.25) is 10.0 Å². The third kappa shape index (κ3) is 4.04. The second kappa shape index (κ2) is 6.80. The number of benzene rings is 1. The van der Waals surface area contributed by atoms with Crippen LogP contribution in [0.1, 0.15) is 18.4 Å². The van der Waals surface area contributed by atoms with Crippen LogP contribution in [-0.4, -0.2) is 35.6 Å². The molecule has 3 rings (SSSR count). The summed E-state index contributed by atoms with van der Waals surface area (Å²) in [6.45, 7) is 1.45. The lowest BCUT2D eigenvalue weighted by Crippen LogP contribution is -2.39. The SMILES string of the molecule is O=S(=O)(c1ccc(C(F)(F)F)cc1)N1CCC(Cn2cccn2)CC1. The lowest BCUT2D eigenvalue weighted by molar-refractivity contribution is -0.137. The molecule has 0 amide bonds. The van der Waals surface area contributed by atoms with Crippen LogP contribution in [0.4, 0.5) is 13.2 Å². The monoisotopic (exact) mass is 373 g/mol. The topological polar surface area (TPSA) is 55.2 Å². The van der Waals surface area contributed by atoms with E-state index in [9.17, 15) is 21.6 Å². The number of hydrogen-bond donors (Lipinski definition) is 0. The average Bonchev–Trinajstić information content (AvgIpc) is 3.08. The molecule has 0 radical (unpaired) electrons. The van der Waals surface area contributed by atoms with Gasteiger partial charge in [0.05, 0.1) is 10.5 Å². The van der Waals surface area contributed by atoms with Crippen molar-refractivity contribution in [1.82, 2.24) is 14.1 Å². The van der Waals surface area contributed by atoms with E-state index in [-0.39, 0.29) is 4.90 Å². The zero-order valence-electron chi connectivity index (χ0n) is 13.4. The first-order chi connectivity index (χ1) is 11.8. The number of nitrogens with zero attached hydrogens (tertiary/aromatic N) is 3. The summed E-state index contributed by atoms with van der Waals surface area (Å²) in [6.07, 6.45) is 0.474. The molecule has 136 valence electrons.